The molecule has 0 unspecified atom stereocenters. The molecule has 0 atom stereocenters. The summed E-state index contributed by atoms with van der Waals surface area (Å²) in [7, 11) is 0. The van der Waals surface area contributed by atoms with Crippen molar-refractivity contribution >= 4 is 33.1 Å². The first kappa shape index (κ1) is 16.9. The van der Waals surface area contributed by atoms with Gasteiger partial charge >= 0.3 is 0 Å². The molecule has 4 heterocycles. The van der Waals surface area contributed by atoms with Gasteiger partial charge in [-0.1, -0.05) is 6.92 Å². The highest BCUT2D eigenvalue weighted by atomic mass is 32.1. The number of hydrogen-bond donors (Lipinski definition) is 1. The van der Waals surface area contributed by atoms with Crippen LogP contribution in [-0.4, -0.2) is 28.2 Å². The Hall–Kier alpha value is -3.19. The topological polar surface area (TPSA) is 69.2 Å². The van der Waals surface area contributed by atoms with Gasteiger partial charge in [0.05, 0.1) is 5.39 Å². The molecular weight excluding hydrogens is 372 g/mol. The highest BCUT2D eigenvalue weighted by Gasteiger charge is 2.15. The molecule has 4 aromatic rings. The number of aryl methyl sites for hydroxylation is 1. The summed E-state index contributed by atoms with van der Waals surface area (Å²) in [5.41, 5.74) is 1.78. The molecule has 6 nitrogen and oxygen atoms in total. The maximum absolute atomic E-state index is 5.70. The Labute approximate surface area is 166 Å². The minimum absolute atomic E-state index is 0.559. The summed E-state index contributed by atoms with van der Waals surface area (Å²) < 4.78 is 11.3. The molecule has 1 N–H and O–H groups in total. The monoisotopic (exact) mass is 390 g/mol. The van der Waals surface area contributed by atoms with Gasteiger partial charge in [0, 0.05) is 34.6 Å². The molecule has 0 aliphatic carbocycles. The normalized spacial score (nSPS) is 12.9. The molecule has 0 spiro atoms. The number of pyridine rings is 1. The number of nitrogens with one attached hydrogen (secondary N) is 1. The standard InChI is InChI=1S/C21H18N4O2S/c1-2-15-11-16-20(23-14-5-6-17-18(10-14)27-9-8-26-17)24-19(25-21(16)28-15)13-4-3-7-22-12-13/h3-7,10-12H,2,8-9H2,1H3,(H,23,24,25). The minimum Gasteiger partial charge on any atom is -0.486 e. The lowest BCUT2D eigenvalue weighted by atomic mass is 10.2. The lowest BCUT2D eigenvalue weighted by Gasteiger charge is -2.19. The fraction of sp³-hybridized carbons (Fsp3) is 0.190. The second-order valence-electron chi connectivity index (χ2n) is 6.41. The second kappa shape index (κ2) is 7.09. The number of benzene rings is 1. The largest absolute Gasteiger partial charge is 0.486 e. The molecule has 0 bridgehead atoms. The van der Waals surface area contributed by atoms with E-state index >= 15 is 0 Å². The third kappa shape index (κ3) is 3.14. The van der Waals surface area contributed by atoms with Crippen LogP contribution in [0.3, 0.4) is 0 Å². The molecule has 0 saturated heterocycles. The lowest BCUT2D eigenvalue weighted by Crippen LogP contribution is -2.15. The Morgan fingerprint density at radius 1 is 1.07 bits per heavy atom. The van der Waals surface area contributed by atoms with Crippen molar-refractivity contribution in [2.75, 3.05) is 18.5 Å². The van der Waals surface area contributed by atoms with E-state index in [1.54, 1.807) is 23.7 Å². The number of nitrogens with zero attached hydrogens (tertiary/aromatic N) is 3. The average molecular weight is 390 g/mol. The van der Waals surface area contributed by atoms with Gasteiger partial charge in [-0.25, -0.2) is 9.97 Å². The van der Waals surface area contributed by atoms with Crippen molar-refractivity contribution in [3.63, 3.8) is 0 Å². The van der Waals surface area contributed by atoms with Gasteiger partial charge in [0.15, 0.2) is 17.3 Å². The van der Waals surface area contributed by atoms with Gasteiger partial charge < -0.3 is 14.8 Å². The van der Waals surface area contributed by atoms with Crippen molar-refractivity contribution in [3.05, 3.63) is 53.7 Å². The molecule has 0 saturated carbocycles. The summed E-state index contributed by atoms with van der Waals surface area (Å²) in [6.07, 6.45) is 4.49. The fourth-order valence-corrected chi connectivity index (χ4v) is 4.09. The van der Waals surface area contributed by atoms with Gasteiger partial charge in [0.25, 0.3) is 0 Å². The predicted molar refractivity (Wildman–Crippen MR) is 111 cm³/mol. The first-order chi connectivity index (χ1) is 13.8. The maximum Gasteiger partial charge on any atom is 0.164 e. The van der Waals surface area contributed by atoms with Crippen LogP contribution in [-0.2, 0) is 6.42 Å². The number of anilines is 2. The number of hydrogen-bond acceptors (Lipinski definition) is 7. The van der Waals surface area contributed by atoms with Gasteiger partial charge in [-0.3, -0.25) is 4.98 Å². The number of thiophene rings is 1. The van der Waals surface area contributed by atoms with E-state index in [0.717, 1.165) is 45.2 Å². The van der Waals surface area contributed by atoms with Crippen LogP contribution in [0.4, 0.5) is 11.5 Å². The molecule has 140 valence electrons. The summed E-state index contributed by atoms with van der Waals surface area (Å²) in [6, 6.07) is 11.9. The summed E-state index contributed by atoms with van der Waals surface area (Å²) in [6.45, 7) is 3.29. The quantitative estimate of drug-likeness (QED) is 0.538. The van der Waals surface area contributed by atoms with Crippen LogP contribution in [0.5, 0.6) is 11.5 Å². The number of fused-ring (bicyclic) bond motifs is 2. The number of rotatable bonds is 4. The molecule has 1 aromatic carbocycles. The third-order valence-corrected chi connectivity index (χ3v) is 5.69. The fourth-order valence-electron chi connectivity index (χ4n) is 3.12. The summed E-state index contributed by atoms with van der Waals surface area (Å²) in [5.74, 6) is 2.94. The molecule has 1 aliphatic rings. The zero-order valence-electron chi connectivity index (χ0n) is 15.3. The molecule has 0 fully saturated rings. The van der Waals surface area contributed by atoms with Crippen molar-refractivity contribution in [1.82, 2.24) is 15.0 Å². The predicted octanol–water partition coefficient (Wildman–Crippen LogP) is 4.83. The van der Waals surface area contributed by atoms with Crippen LogP contribution >= 0.6 is 11.3 Å². The van der Waals surface area contributed by atoms with Crippen LogP contribution < -0.4 is 14.8 Å². The van der Waals surface area contributed by atoms with Gasteiger partial charge in [-0.05, 0) is 36.8 Å². The molecular formula is C21H18N4O2S. The number of aromatic nitrogens is 3. The molecule has 7 heteroatoms. The average Bonchev–Trinajstić information content (AvgIpc) is 3.18. The van der Waals surface area contributed by atoms with Gasteiger partial charge in [0.2, 0.25) is 0 Å². The first-order valence-electron chi connectivity index (χ1n) is 9.17. The van der Waals surface area contributed by atoms with Crippen molar-refractivity contribution in [3.8, 4) is 22.9 Å². The Bertz CT molecular complexity index is 1140. The van der Waals surface area contributed by atoms with Crippen molar-refractivity contribution in [2.24, 2.45) is 0 Å². The van der Waals surface area contributed by atoms with E-state index < -0.39 is 0 Å². The highest BCUT2D eigenvalue weighted by Crippen LogP contribution is 2.36. The molecule has 28 heavy (non-hydrogen) atoms. The second-order valence-corrected chi connectivity index (χ2v) is 7.52. The van der Waals surface area contributed by atoms with Crippen LogP contribution in [0.25, 0.3) is 21.6 Å². The van der Waals surface area contributed by atoms with E-state index in [4.69, 9.17) is 19.4 Å². The van der Waals surface area contributed by atoms with Crippen LogP contribution in [0.2, 0.25) is 0 Å². The van der Waals surface area contributed by atoms with Crippen molar-refractivity contribution in [2.45, 2.75) is 13.3 Å². The smallest absolute Gasteiger partial charge is 0.164 e. The lowest BCUT2D eigenvalue weighted by molar-refractivity contribution is 0.171. The molecule has 0 amide bonds. The van der Waals surface area contributed by atoms with Crippen molar-refractivity contribution in [1.29, 1.82) is 0 Å². The Morgan fingerprint density at radius 3 is 2.79 bits per heavy atom. The van der Waals surface area contributed by atoms with E-state index in [-0.39, 0.29) is 0 Å². The van der Waals surface area contributed by atoms with E-state index in [1.807, 2.05) is 30.3 Å². The van der Waals surface area contributed by atoms with Gasteiger partial charge in [0.1, 0.15) is 23.9 Å². The SMILES string of the molecule is CCc1cc2c(Nc3ccc4c(c3)OCCO4)nc(-c3cccnc3)nc2s1. The van der Waals surface area contributed by atoms with Crippen molar-refractivity contribution < 1.29 is 9.47 Å². The maximum atomic E-state index is 5.70. The van der Waals surface area contributed by atoms with E-state index in [2.05, 4.69) is 23.3 Å². The van der Waals surface area contributed by atoms with Crippen LogP contribution in [0.1, 0.15) is 11.8 Å². The van der Waals surface area contributed by atoms with Gasteiger partial charge in [-0.15, -0.1) is 11.3 Å². The Morgan fingerprint density at radius 2 is 1.96 bits per heavy atom. The third-order valence-electron chi connectivity index (χ3n) is 4.52. The van der Waals surface area contributed by atoms with E-state index in [0.29, 0.717) is 19.0 Å². The van der Waals surface area contributed by atoms with Crippen LogP contribution in [0.15, 0.2) is 48.8 Å². The zero-order chi connectivity index (χ0) is 18.9. The number of ether oxygens (including phenoxy) is 2. The van der Waals surface area contributed by atoms with E-state index in [9.17, 15) is 0 Å². The molecule has 5 rings (SSSR count). The Balaban J connectivity index is 1.60. The summed E-state index contributed by atoms with van der Waals surface area (Å²) in [4.78, 5) is 16.0. The molecule has 0 radical (unpaired) electrons. The molecule has 1 aliphatic heterocycles. The Kier molecular flexibility index (Phi) is 4.29. The zero-order valence-corrected chi connectivity index (χ0v) is 16.1. The minimum atomic E-state index is 0.559. The molecule has 3 aromatic heterocycles. The van der Waals surface area contributed by atoms with E-state index in [1.165, 1.54) is 4.88 Å². The summed E-state index contributed by atoms with van der Waals surface area (Å²) >= 11 is 1.70. The highest BCUT2D eigenvalue weighted by molar-refractivity contribution is 7.18. The summed E-state index contributed by atoms with van der Waals surface area (Å²) in [5, 5.41) is 4.46. The first-order valence-corrected chi connectivity index (χ1v) is 9.99. The van der Waals surface area contributed by atoms with Gasteiger partial charge in [-0.2, -0.15) is 0 Å². The van der Waals surface area contributed by atoms with Crippen LogP contribution in [0, 0.1) is 0 Å².